The number of hydrogen-bond acceptors (Lipinski definition) is 3. The van der Waals surface area contributed by atoms with Crippen molar-refractivity contribution in [2.45, 2.75) is 31.8 Å². The van der Waals surface area contributed by atoms with Crippen LogP contribution in [-0.4, -0.2) is 21.8 Å². The predicted octanol–water partition coefficient (Wildman–Crippen LogP) is 4.68. The number of nitrogens with zero attached hydrogens (tertiary/aromatic N) is 2. The van der Waals surface area contributed by atoms with Crippen LogP contribution in [0.5, 0.6) is 5.75 Å². The summed E-state index contributed by atoms with van der Waals surface area (Å²) in [4.78, 5) is 17.3. The molecule has 5 rings (SSSR count). The fourth-order valence-corrected chi connectivity index (χ4v) is 3.97. The highest BCUT2D eigenvalue weighted by Gasteiger charge is 2.44. The van der Waals surface area contributed by atoms with Crippen molar-refractivity contribution >= 4 is 11.6 Å². The molecular weight excluding hydrogens is 386 g/mol. The van der Waals surface area contributed by atoms with Crippen molar-refractivity contribution in [2.24, 2.45) is 0 Å². The van der Waals surface area contributed by atoms with Gasteiger partial charge in [-0.15, -0.1) is 0 Å². The molecule has 156 valence electrons. The molecule has 2 aromatic carbocycles. The fraction of sp³-hybridized carbons (Fsp3) is 0.231. The molecule has 1 saturated carbocycles. The first kappa shape index (κ1) is 19.4. The Morgan fingerprint density at radius 2 is 1.90 bits per heavy atom. The molecule has 0 spiro atoms. The first-order chi connectivity index (χ1) is 15.1. The molecule has 1 amide bonds. The highest BCUT2D eigenvalue weighted by molar-refractivity contribution is 5.94. The minimum atomic E-state index is -0.0733. The summed E-state index contributed by atoms with van der Waals surface area (Å²) < 4.78 is 7.91. The zero-order chi connectivity index (χ0) is 21.3. The van der Waals surface area contributed by atoms with Crippen LogP contribution in [-0.2, 0) is 12.0 Å². The number of rotatable bonds is 7. The fourth-order valence-electron chi connectivity index (χ4n) is 3.97. The number of imidazole rings is 1. The number of carbonyl (C=O) groups excluding carboxylic acids is 1. The topological polar surface area (TPSA) is 55.6 Å². The maximum Gasteiger partial charge on any atom is 0.251 e. The molecular formula is C26H25N3O2. The number of aromatic nitrogens is 2. The Kier molecular flexibility index (Phi) is 4.94. The van der Waals surface area contributed by atoms with Crippen molar-refractivity contribution in [3.05, 3.63) is 102 Å². The smallest absolute Gasteiger partial charge is 0.251 e. The van der Waals surface area contributed by atoms with E-state index in [9.17, 15) is 4.79 Å². The Bertz CT molecular complexity index is 1230. The number of nitrogens with one attached hydrogen (secondary N) is 1. The van der Waals surface area contributed by atoms with E-state index >= 15 is 0 Å². The first-order valence-corrected chi connectivity index (χ1v) is 10.6. The van der Waals surface area contributed by atoms with Gasteiger partial charge in [0.05, 0.1) is 5.69 Å². The van der Waals surface area contributed by atoms with Gasteiger partial charge in [0.25, 0.3) is 5.91 Å². The summed E-state index contributed by atoms with van der Waals surface area (Å²) in [6.45, 7) is 3.06. The number of pyridine rings is 1. The summed E-state index contributed by atoms with van der Waals surface area (Å²) >= 11 is 0. The van der Waals surface area contributed by atoms with Crippen molar-refractivity contribution in [3.63, 3.8) is 0 Å². The van der Waals surface area contributed by atoms with Crippen LogP contribution in [0.1, 0.15) is 40.0 Å². The van der Waals surface area contributed by atoms with Gasteiger partial charge in [-0.1, -0.05) is 42.5 Å². The van der Waals surface area contributed by atoms with Gasteiger partial charge in [-0.3, -0.25) is 4.79 Å². The number of hydrogen-bond donors (Lipinski definition) is 1. The summed E-state index contributed by atoms with van der Waals surface area (Å²) in [6.07, 6.45) is 6.23. The lowest BCUT2D eigenvalue weighted by Crippen LogP contribution is -2.32. The Morgan fingerprint density at radius 3 is 2.71 bits per heavy atom. The first-order valence-electron chi connectivity index (χ1n) is 10.6. The van der Waals surface area contributed by atoms with Crippen LogP contribution >= 0.6 is 0 Å². The third-order valence-corrected chi connectivity index (χ3v) is 5.96. The minimum absolute atomic E-state index is 0.0733. The predicted molar refractivity (Wildman–Crippen MR) is 120 cm³/mol. The molecule has 2 heterocycles. The molecule has 0 atom stereocenters. The van der Waals surface area contributed by atoms with Gasteiger partial charge in [0.1, 0.15) is 18.0 Å². The van der Waals surface area contributed by atoms with Crippen molar-refractivity contribution in [3.8, 4) is 5.75 Å². The van der Waals surface area contributed by atoms with E-state index in [-0.39, 0.29) is 11.3 Å². The van der Waals surface area contributed by atoms with Crippen LogP contribution in [0, 0.1) is 6.92 Å². The van der Waals surface area contributed by atoms with Gasteiger partial charge in [0.15, 0.2) is 0 Å². The second-order valence-electron chi connectivity index (χ2n) is 8.35. The molecule has 1 aliphatic carbocycles. The lowest BCUT2D eigenvalue weighted by molar-refractivity contribution is 0.0949. The van der Waals surface area contributed by atoms with E-state index in [0.717, 1.165) is 24.2 Å². The standard InChI is InChI=1S/C26H25N3O2/c1-19-10-11-24-28-22(16-29(24)15-19)17-31-23-9-5-6-20(14-23)25(30)27-18-26(12-13-26)21-7-3-2-4-8-21/h2-11,14-16H,12-13,17-18H2,1H3,(H,27,30). The number of fused-ring (bicyclic) bond motifs is 1. The molecule has 2 aromatic heterocycles. The van der Waals surface area contributed by atoms with Crippen LogP contribution < -0.4 is 10.1 Å². The van der Waals surface area contributed by atoms with E-state index in [2.05, 4.69) is 41.5 Å². The average molecular weight is 412 g/mol. The highest BCUT2D eigenvalue weighted by atomic mass is 16.5. The maximum atomic E-state index is 12.7. The number of amides is 1. The van der Waals surface area contributed by atoms with Crippen molar-refractivity contribution < 1.29 is 9.53 Å². The molecule has 1 fully saturated rings. The number of aryl methyl sites for hydroxylation is 1. The Balaban J connectivity index is 1.22. The summed E-state index contributed by atoms with van der Waals surface area (Å²) in [5.41, 5.74) is 4.91. The highest BCUT2D eigenvalue weighted by Crippen LogP contribution is 2.47. The van der Waals surface area contributed by atoms with Gasteiger partial charge in [-0.2, -0.15) is 0 Å². The molecule has 0 aliphatic heterocycles. The van der Waals surface area contributed by atoms with Gasteiger partial charge in [-0.05, 0) is 55.2 Å². The summed E-state index contributed by atoms with van der Waals surface area (Å²) in [6, 6.07) is 21.8. The van der Waals surface area contributed by atoms with Gasteiger partial charge in [0.2, 0.25) is 0 Å². The third-order valence-electron chi connectivity index (χ3n) is 5.96. The Labute approximate surface area is 181 Å². The van der Waals surface area contributed by atoms with Crippen LogP contribution in [0.3, 0.4) is 0 Å². The summed E-state index contributed by atoms with van der Waals surface area (Å²) in [5.74, 6) is 0.584. The molecule has 4 aromatic rings. The van der Waals surface area contributed by atoms with Crippen LogP contribution in [0.15, 0.2) is 79.1 Å². The molecule has 5 nitrogen and oxygen atoms in total. The number of carbonyl (C=O) groups is 1. The number of benzene rings is 2. The normalized spacial score (nSPS) is 14.4. The van der Waals surface area contributed by atoms with E-state index < -0.39 is 0 Å². The average Bonchev–Trinajstić information content (AvgIpc) is 3.49. The quantitative estimate of drug-likeness (QED) is 0.480. The summed E-state index contributed by atoms with van der Waals surface area (Å²) in [7, 11) is 0. The van der Waals surface area contributed by atoms with E-state index in [1.165, 1.54) is 11.1 Å². The number of ether oxygens (including phenoxy) is 1. The van der Waals surface area contributed by atoms with Gasteiger partial charge < -0.3 is 14.5 Å². The molecule has 31 heavy (non-hydrogen) atoms. The Morgan fingerprint density at radius 1 is 1.06 bits per heavy atom. The second kappa shape index (κ2) is 7.91. The Hall–Kier alpha value is -3.60. The lowest BCUT2D eigenvalue weighted by atomic mass is 9.96. The van der Waals surface area contributed by atoms with Gasteiger partial charge in [0, 0.05) is 29.9 Å². The van der Waals surface area contributed by atoms with E-state index in [0.29, 0.717) is 24.5 Å². The second-order valence-corrected chi connectivity index (χ2v) is 8.35. The molecule has 5 heteroatoms. The summed E-state index contributed by atoms with van der Waals surface area (Å²) in [5, 5.41) is 3.11. The molecule has 0 radical (unpaired) electrons. The zero-order valence-electron chi connectivity index (χ0n) is 17.5. The maximum absolute atomic E-state index is 12.7. The van der Waals surface area contributed by atoms with E-state index in [1.54, 1.807) is 6.07 Å². The molecule has 0 unspecified atom stereocenters. The van der Waals surface area contributed by atoms with Crippen LogP contribution in [0.2, 0.25) is 0 Å². The molecule has 1 aliphatic rings. The van der Waals surface area contributed by atoms with E-state index in [4.69, 9.17) is 4.74 Å². The largest absolute Gasteiger partial charge is 0.487 e. The van der Waals surface area contributed by atoms with E-state index in [1.807, 2.05) is 53.2 Å². The molecule has 1 N–H and O–H groups in total. The van der Waals surface area contributed by atoms with Crippen LogP contribution in [0.25, 0.3) is 5.65 Å². The van der Waals surface area contributed by atoms with Gasteiger partial charge >= 0.3 is 0 Å². The van der Waals surface area contributed by atoms with Crippen molar-refractivity contribution in [1.82, 2.24) is 14.7 Å². The minimum Gasteiger partial charge on any atom is -0.487 e. The molecule has 0 saturated heterocycles. The molecule has 0 bridgehead atoms. The zero-order valence-corrected chi connectivity index (χ0v) is 17.5. The van der Waals surface area contributed by atoms with Gasteiger partial charge in [-0.25, -0.2) is 4.98 Å². The SMILES string of the molecule is Cc1ccc2nc(COc3cccc(C(=O)NCC4(c5ccccc5)CC4)c3)cn2c1. The van der Waals surface area contributed by atoms with Crippen molar-refractivity contribution in [2.75, 3.05) is 6.54 Å². The monoisotopic (exact) mass is 411 g/mol. The van der Waals surface area contributed by atoms with Crippen molar-refractivity contribution in [1.29, 1.82) is 0 Å². The third kappa shape index (κ3) is 4.17. The lowest BCUT2D eigenvalue weighted by Gasteiger charge is -2.16. The van der Waals surface area contributed by atoms with Crippen LogP contribution in [0.4, 0.5) is 0 Å².